The summed E-state index contributed by atoms with van der Waals surface area (Å²) in [7, 11) is 3.13. The minimum Gasteiger partial charge on any atom is -0.495 e. The van der Waals surface area contributed by atoms with Crippen LogP contribution in [0, 0.1) is 11.3 Å². The monoisotopic (exact) mass is 401 g/mol. The van der Waals surface area contributed by atoms with Crippen molar-refractivity contribution >= 4 is 11.2 Å². The molecule has 0 bridgehead atoms. The molecule has 0 saturated heterocycles. The zero-order valence-electron chi connectivity index (χ0n) is 16.8. The minimum atomic E-state index is -0.343. The van der Waals surface area contributed by atoms with Crippen molar-refractivity contribution < 1.29 is 9.47 Å². The van der Waals surface area contributed by atoms with E-state index < -0.39 is 0 Å². The average molecular weight is 401 g/mol. The SMILES string of the molecule is CCOc1ccc(-c2nc(C#N)c3c(n2)n(-c2ccccc2OC)c(=O)n3C)cc1. The summed E-state index contributed by atoms with van der Waals surface area (Å²) in [5.74, 6) is 1.59. The van der Waals surface area contributed by atoms with E-state index in [1.807, 2.05) is 43.3 Å². The lowest BCUT2D eigenvalue weighted by atomic mass is 10.2. The first kappa shape index (κ1) is 19.2. The molecule has 4 aromatic rings. The van der Waals surface area contributed by atoms with Crippen molar-refractivity contribution in [2.24, 2.45) is 7.05 Å². The van der Waals surface area contributed by atoms with Gasteiger partial charge in [0, 0.05) is 12.6 Å². The Bertz CT molecular complexity index is 1330. The lowest BCUT2D eigenvalue weighted by Gasteiger charge is -2.09. The number of fused-ring (bicyclic) bond motifs is 1. The maximum absolute atomic E-state index is 13.1. The Hall–Kier alpha value is -4.12. The van der Waals surface area contributed by atoms with Crippen LogP contribution in [0.1, 0.15) is 12.6 Å². The van der Waals surface area contributed by atoms with E-state index >= 15 is 0 Å². The Labute approximate surface area is 172 Å². The summed E-state index contributed by atoms with van der Waals surface area (Å²) in [5, 5.41) is 9.71. The van der Waals surface area contributed by atoms with Crippen molar-refractivity contribution in [2.45, 2.75) is 6.92 Å². The number of para-hydroxylation sites is 2. The van der Waals surface area contributed by atoms with Crippen LogP contribution in [0.4, 0.5) is 0 Å². The molecule has 0 N–H and O–H groups in total. The molecule has 0 spiro atoms. The van der Waals surface area contributed by atoms with Crippen molar-refractivity contribution in [3.8, 4) is 34.6 Å². The number of aryl methyl sites for hydroxylation is 1. The topological polar surface area (TPSA) is 95.0 Å². The quantitative estimate of drug-likeness (QED) is 0.510. The number of aromatic nitrogens is 4. The summed E-state index contributed by atoms with van der Waals surface area (Å²) in [6, 6.07) is 16.5. The number of nitrogens with zero attached hydrogens (tertiary/aromatic N) is 5. The van der Waals surface area contributed by atoms with Crippen LogP contribution in [0.15, 0.2) is 53.3 Å². The summed E-state index contributed by atoms with van der Waals surface area (Å²) < 4.78 is 13.7. The van der Waals surface area contributed by atoms with E-state index in [2.05, 4.69) is 16.0 Å². The molecule has 2 heterocycles. The van der Waals surface area contributed by atoms with Crippen molar-refractivity contribution in [1.29, 1.82) is 5.26 Å². The van der Waals surface area contributed by atoms with Crippen LogP contribution in [-0.4, -0.2) is 32.8 Å². The summed E-state index contributed by atoms with van der Waals surface area (Å²) in [4.78, 5) is 22.1. The molecule has 0 atom stereocenters. The highest BCUT2D eigenvalue weighted by molar-refractivity contribution is 5.81. The van der Waals surface area contributed by atoms with Crippen LogP contribution in [0.5, 0.6) is 11.5 Å². The minimum absolute atomic E-state index is 0.122. The van der Waals surface area contributed by atoms with Gasteiger partial charge in [-0.3, -0.25) is 4.57 Å². The van der Waals surface area contributed by atoms with Crippen LogP contribution >= 0.6 is 0 Å². The molecule has 0 amide bonds. The fourth-order valence-corrected chi connectivity index (χ4v) is 3.35. The molecule has 30 heavy (non-hydrogen) atoms. The average Bonchev–Trinajstić information content (AvgIpc) is 3.03. The van der Waals surface area contributed by atoms with Crippen molar-refractivity contribution in [3.63, 3.8) is 0 Å². The molecule has 8 heteroatoms. The molecule has 0 radical (unpaired) electrons. The largest absolute Gasteiger partial charge is 0.495 e. The van der Waals surface area contributed by atoms with Gasteiger partial charge in [0.05, 0.1) is 19.4 Å². The van der Waals surface area contributed by atoms with E-state index in [1.165, 1.54) is 16.2 Å². The molecular weight excluding hydrogens is 382 g/mol. The predicted molar refractivity (Wildman–Crippen MR) is 112 cm³/mol. The normalized spacial score (nSPS) is 10.7. The first-order chi connectivity index (χ1) is 14.6. The maximum atomic E-state index is 13.1. The highest BCUT2D eigenvalue weighted by Crippen LogP contribution is 2.27. The van der Waals surface area contributed by atoms with E-state index in [0.29, 0.717) is 40.6 Å². The van der Waals surface area contributed by atoms with E-state index in [4.69, 9.17) is 9.47 Å². The van der Waals surface area contributed by atoms with Crippen LogP contribution < -0.4 is 15.2 Å². The molecule has 0 saturated carbocycles. The number of hydrogen-bond acceptors (Lipinski definition) is 6. The fourth-order valence-electron chi connectivity index (χ4n) is 3.35. The summed E-state index contributed by atoms with van der Waals surface area (Å²) >= 11 is 0. The van der Waals surface area contributed by atoms with Gasteiger partial charge in [-0.05, 0) is 43.3 Å². The number of ether oxygens (including phenoxy) is 2. The number of benzene rings is 2. The molecular formula is C22H19N5O3. The number of nitriles is 1. The standard InChI is InChI=1S/C22H19N5O3/c1-4-30-15-11-9-14(10-12-15)20-24-16(13-23)19-21(25-20)27(22(28)26(19)2)17-7-5-6-8-18(17)29-3/h5-12H,4H2,1-3H3. The molecule has 2 aromatic heterocycles. The molecule has 4 rings (SSSR count). The molecule has 0 aliphatic heterocycles. The van der Waals surface area contributed by atoms with Gasteiger partial charge in [-0.2, -0.15) is 5.26 Å². The van der Waals surface area contributed by atoms with Crippen LogP contribution in [0.25, 0.3) is 28.2 Å². The third-order valence-electron chi connectivity index (χ3n) is 4.75. The van der Waals surface area contributed by atoms with Crippen LogP contribution in [-0.2, 0) is 7.05 Å². The molecule has 8 nitrogen and oxygen atoms in total. The molecule has 0 fully saturated rings. The van der Waals surface area contributed by atoms with Gasteiger partial charge in [0.1, 0.15) is 23.1 Å². The molecule has 0 aliphatic rings. The van der Waals surface area contributed by atoms with E-state index in [0.717, 1.165) is 5.75 Å². The Kier molecular flexibility index (Phi) is 4.94. The number of imidazole rings is 1. The van der Waals surface area contributed by atoms with Gasteiger partial charge in [0.2, 0.25) is 0 Å². The summed E-state index contributed by atoms with van der Waals surface area (Å²) in [6.07, 6.45) is 0. The third kappa shape index (κ3) is 3.06. The Morgan fingerprint density at radius 3 is 2.50 bits per heavy atom. The van der Waals surface area contributed by atoms with Gasteiger partial charge >= 0.3 is 5.69 Å². The van der Waals surface area contributed by atoms with Gasteiger partial charge in [0.25, 0.3) is 0 Å². The first-order valence-corrected chi connectivity index (χ1v) is 9.35. The van der Waals surface area contributed by atoms with Gasteiger partial charge < -0.3 is 9.47 Å². The van der Waals surface area contributed by atoms with Gasteiger partial charge in [0.15, 0.2) is 17.2 Å². The van der Waals surface area contributed by atoms with Crippen molar-refractivity contribution in [3.05, 3.63) is 64.7 Å². The van der Waals surface area contributed by atoms with Gasteiger partial charge in [-0.25, -0.2) is 19.3 Å². The maximum Gasteiger partial charge on any atom is 0.334 e. The summed E-state index contributed by atoms with van der Waals surface area (Å²) in [5.41, 5.74) is 1.72. The smallest absolute Gasteiger partial charge is 0.334 e. The molecule has 0 aliphatic carbocycles. The van der Waals surface area contributed by atoms with Crippen LogP contribution in [0.3, 0.4) is 0 Å². The molecule has 2 aromatic carbocycles. The number of methoxy groups -OCH3 is 1. The van der Waals surface area contributed by atoms with Gasteiger partial charge in [-0.1, -0.05) is 12.1 Å². The van der Waals surface area contributed by atoms with E-state index in [9.17, 15) is 10.1 Å². The third-order valence-corrected chi connectivity index (χ3v) is 4.75. The molecule has 0 unspecified atom stereocenters. The van der Waals surface area contributed by atoms with Gasteiger partial charge in [-0.15, -0.1) is 0 Å². The van der Waals surface area contributed by atoms with Crippen molar-refractivity contribution in [1.82, 2.24) is 19.1 Å². The zero-order chi connectivity index (χ0) is 21.3. The Morgan fingerprint density at radius 1 is 1.10 bits per heavy atom. The second kappa shape index (κ2) is 7.72. The lowest BCUT2D eigenvalue weighted by Crippen LogP contribution is -2.21. The number of rotatable bonds is 5. The van der Waals surface area contributed by atoms with Crippen molar-refractivity contribution in [2.75, 3.05) is 13.7 Å². The Morgan fingerprint density at radius 2 is 1.83 bits per heavy atom. The second-order valence-corrected chi connectivity index (χ2v) is 6.49. The lowest BCUT2D eigenvalue weighted by molar-refractivity contribution is 0.340. The first-order valence-electron chi connectivity index (χ1n) is 9.35. The highest BCUT2D eigenvalue weighted by atomic mass is 16.5. The predicted octanol–water partition coefficient (Wildman–Crippen LogP) is 3.07. The van der Waals surface area contributed by atoms with Crippen LogP contribution in [0.2, 0.25) is 0 Å². The van der Waals surface area contributed by atoms with E-state index in [-0.39, 0.29) is 11.4 Å². The summed E-state index contributed by atoms with van der Waals surface area (Å²) in [6.45, 7) is 2.48. The second-order valence-electron chi connectivity index (χ2n) is 6.49. The van der Waals surface area contributed by atoms with E-state index in [1.54, 1.807) is 19.2 Å². The number of hydrogen-bond donors (Lipinski definition) is 0. The Balaban J connectivity index is 2.01. The highest BCUT2D eigenvalue weighted by Gasteiger charge is 2.21. The fraction of sp³-hybridized carbons (Fsp3) is 0.182. The molecule has 150 valence electrons. The zero-order valence-corrected chi connectivity index (χ0v) is 16.8.